The number of rotatable bonds is 8. The van der Waals surface area contributed by atoms with E-state index in [4.69, 9.17) is 0 Å². The number of amides is 1. The largest absolute Gasteiger partial charge is 0.481 e. The third-order valence-corrected chi connectivity index (χ3v) is 5.13. The first kappa shape index (κ1) is 19.4. The lowest BCUT2D eigenvalue weighted by molar-refractivity contribution is -0.142. The second-order valence-electron chi connectivity index (χ2n) is 7.16. The predicted octanol–water partition coefficient (Wildman–Crippen LogP) is 3.03. The van der Waals surface area contributed by atoms with Crippen molar-refractivity contribution in [2.24, 2.45) is 5.92 Å². The molecule has 5 heteroatoms. The number of hydrogen-bond donors (Lipinski definition) is 2. The third-order valence-electron chi connectivity index (χ3n) is 5.13. The Hall–Kier alpha value is -1.88. The molecular formula is C20H29NO4. The second kappa shape index (κ2) is 8.48. The summed E-state index contributed by atoms with van der Waals surface area (Å²) in [5.41, 5.74) is -0.0352. The average Bonchev–Trinajstić information content (AvgIpc) is 3.01. The lowest BCUT2D eigenvalue weighted by Gasteiger charge is -2.29. The second-order valence-corrected chi connectivity index (χ2v) is 7.16. The molecule has 0 saturated carbocycles. The molecule has 1 heterocycles. The van der Waals surface area contributed by atoms with E-state index in [1.807, 2.05) is 44.2 Å². The summed E-state index contributed by atoms with van der Waals surface area (Å²) in [6.07, 6.45) is 2.88. The van der Waals surface area contributed by atoms with Crippen LogP contribution in [0, 0.1) is 5.92 Å². The van der Waals surface area contributed by atoms with Crippen LogP contribution >= 0.6 is 0 Å². The topological polar surface area (TPSA) is 77.8 Å². The van der Waals surface area contributed by atoms with Gasteiger partial charge in [-0.3, -0.25) is 9.59 Å². The monoisotopic (exact) mass is 347 g/mol. The quantitative estimate of drug-likeness (QED) is 0.758. The number of carbonyl (C=O) groups is 2. The molecule has 0 aromatic heterocycles. The van der Waals surface area contributed by atoms with Crippen molar-refractivity contribution in [1.82, 2.24) is 4.90 Å². The molecular weight excluding hydrogens is 318 g/mol. The number of hydrogen-bond acceptors (Lipinski definition) is 3. The fourth-order valence-electron chi connectivity index (χ4n) is 3.92. The van der Waals surface area contributed by atoms with E-state index in [1.165, 1.54) is 0 Å². The fourth-order valence-corrected chi connectivity index (χ4v) is 3.92. The molecule has 2 atom stereocenters. The summed E-state index contributed by atoms with van der Waals surface area (Å²) in [5.74, 6) is -1.82. The Labute approximate surface area is 149 Å². The molecule has 1 fully saturated rings. The Morgan fingerprint density at radius 2 is 1.72 bits per heavy atom. The van der Waals surface area contributed by atoms with E-state index in [0.717, 1.165) is 18.4 Å². The van der Waals surface area contributed by atoms with Gasteiger partial charge in [-0.25, -0.2) is 0 Å². The van der Waals surface area contributed by atoms with Crippen LogP contribution in [-0.2, 0) is 9.59 Å². The molecule has 2 rings (SSSR count). The highest BCUT2D eigenvalue weighted by molar-refractivity contribution is 5.80. The Kier molecular flexibility index (Phi) is 6.59. The first-order valence-electron chi connectivity index (χ1n) is 9.18. The maximum Gasteiger partial charge on any atom is 0.308 e. The Morgan fingerprint density at radius 3 is 2.24 bits per heavy atom. The Bertz CT molecular complexity index is 581. The number of aliphatic hydroxyl groups is 1. The minimum atomic E-state index is -0.982. The van der Waals surface area contributed by atoms with Crippen molar-refractivity contribution in [2.45, 2.75) is 57.5 Å². The van der Waals surface area contributed by atoms with Crippen molar-refractivity contribution in [3.8, 4) is 0 Å². The van der Waals surface area contributed by atoms with Gasteiger partial charge in [-0.2, -0.15) is 0 Å². The number of aliphatic carboxylic acids is 1. The number of benzene rings is 1. The molecule has 138 valence electrons. The van der Waals surface area contributed by atoms with Crippen molar-refractivity contribution in [3.05, 3.63) is 35.9 Å². The third kappa shape index (κ3) is 4.82. The van der Waals surface area contributed by atoms with Gasteiger partial charge >= 0.3 is 5.97 Å². The lowest BCUT2D eigenvalue weighted by atomic mass is 9.89. The van der Waals surface area contributed by atoms with E-state index >= 15 is 0 Å². The summed E-state index contributed by atoms with van der Waals surface area (Å²) in [6.45, 7) is 4.59. The summed E-state index contributed by atoms with van der Waals surface area (Å²) < 4.78 is 0. The summed E-state index contributed by atoms with van der Waals surface area (Å²) in [4.78, 5) is 26.0. The zero-order valence-electron chi connectivity index (χ0n) is 15.1. The SMILES string of the molecule is CCCC(O)(CCC)CC(=O)N1CC(C(=O)O)C(c2ccccc2)C1. The molecule has 1 aromatic rings. The molecule has 0 aliphatic carbocycles. The molecule has 1 aromatic carbocycles. The van der Waals surface area contributed by atoms with E-state index in [2.05, 4.69) is 0 Å². The molecule has 1 amide bonds. The van der Waals surface area contributed by atoms with Crippen LogP contribution in [0.15, 0.2) is 30.3 Å². The zero-order chi connectivity index (χ0) is 18.4. The van der Waals surface area contributed by atoms with Crippen LogP contribution in [0.1, 0.15) is 57.4 Å². The molecule has 0 radical (unpaired) electrons. The molecule has 25 heavy (non-hydrogen) atoms. The summed E-state index contributed by atoms with van der Waals surface area (Å²) in [5, 5.41) is 20.3. The molecule has 1 aliphatic heterocycles. The van der Waals surface area contributed by atoms with Gasteiger partial charge in [0.05, 0.1) is 17.9 Å². The minimum Gasteiger partial charge on any atom is -0.481 e. The van der Waals surface area contributed by atoms with Gasteiger partial charge < -0.3 is 15.1 Å². The first-order chi connectivity index (χ1) is 11.9. The van der Waals surface area contributed by atoms with Crippen molar-refractivity contribution in [2.75, 3.05) is 13.1 Å². The highest BCUT2D eigenvalue weighted by Crippen LogP contribution is 2.34. The van der Waals surface area contributed by atoms with Gasteiger partial charge in [0.25, 0.3) is 0 Å². The van der Waals surface area contributed by atoms with E-state index in [-0.39, 0.29) is 24.8 Å². The van der Waals surface area contributed by atoms with Gasteiger partial charge in [-0.05, 0) is 18.4 Å². The highest BCUT2D eigenvalue weighted by atomic mass is 16.4. The average molecular weight is 347 g/mol. The summed E-state index contributed by atoms with van der Waals surface area (Å²) >= 11 is 0. The van der Waals surface area contributed by atoms with Gasteiger partial charge in [0.1, 0.15) is 0 Å². The zero-order valence-corrected chi connectivity index (χ0v) is 15.1. The standard InChI is InChI=1S/C20H29NO4/c1-3-10-20(25,11-4-2)12-18(22)21-13-16(17(14-21)19(23)24)15-8-6-5-7-9-15/h5-9,16-17,25H,3-4,10-14H2,1-2H3,(H,23,24). The number of carboxylic acid groups (broad SMARTS) is 1. The highest BCUT2D eigenvalue weighted by Gasteiger charge is 2.41. The van der Waals surface area contributed by atoms with Gasteiger partial charge in [0.2, 0.25) is 5.91 Å². The van der Waals surface area contributed by atoms with E-state index in [0.29, 0.717) is 19.4 Å². The van der Waals surface area contributed by atoms with E-state index < -0.39 is 17.5 Å². The smallest absolute Gasteiger partial charge is 0.308 e. The van der Waals surface area contributed by atoms with Crippen LogP contribution in [0.25, 0.3) is 0 Å². The Balaban J connectivity index is 2.12. The van der Waals surface area contributed by atoms with Gasteiger partial charge in [0, 0.05) is 19.0 Å². The molecule has 5 nitrogen and oxygen atoms in total. The number of carboxylic acids is 1. The molecule has 0 bridgehead atoms. The van der Waals surface area contributed by atoms with Gasteiger partial charge in [-0.15, -0.1) is 0 Å². The maximum atomic E-state index is 12.7. The first-order valence-corrected chi connectivity index (χ1v) is 9.18. The molecule has 2 N–H and O–H groups in total. The van der Waals surface area contributed by atoms with Crippen LogP contribution in [0.5, 0.6) is 0 Å². The Morgan fingerprint density at radius 1 is 1.12 bits per heavy atom. The van der Waals surface area contributed by atoms with Crippen molar-refractivity contribution < 1.29 is 19.8 Å². The maximum absolute atomic E-state index is 12.7. The molecule has 1 saturated heterocycles. The molecule has 1 aliphatic rings. The minimum absolute atomic E-state index is 0.0720. The van der Waals surface area contributed by atoms with Crippen LogP contribution in [0.4, 0.5) is 0 Å². The lowest BCUT2D eigenvalue weighted by Crippen LogP contribution is -2.39. The van der Waals surface area contributed by atoms with Crippen molar-refractivity contribution in [3.63, 3.8) is 0 Å². The summed E-state index contributed by atoms with van der Waals surface area (Å²) in [7, 11) is 0. The van der Waals surface area contributed by atoms with Gasteiger partial charge in [-0.1, -0.05) is 57.0 Å². The van der Waals surface area contributed by atoms with E-state index in [9.17, 15) is 19.8 Å². The summed E-state index contributed by atoms with van der Waals surface area (Å²) in [6, 6.07) is 9.50. The molecule has 2 unspecified atom stereocenters. The van der Waals surface area contributed by atoms with Crippen molar-refractivity contribution >= 4 is 11.9 Å². The van der Waals surface area contributed by atoms with E-state index in [1.54, 1.807) is 4.90 Å². The normalized spacial score (nSPS) is 20.7. The van der Waals surface area contributed by atoms with Gasteiger partial charge in [0.15, 0.2) is 0 Å². The predicted molar refractivity (Wildman–Crippen MR) is 96.3 cm³/mol. The van der Waals surface area contributed by atoms with Crippen molar-refractivity contribution in [1.29, 1.82) is 0 Å². The van der Waals surface area contributed by atoms with Crippen LogP contribution < -0.4 is 0 Å². The molecule has 0 spiro atoms. The number of carbonyl (C=O) groups excluding carboxylic acids is 1. The number of likely N-dealkylation sites (tertiary alicyclic amines) is 1. The van der Waals surface area contributed by atoms with Crippen LogP contribution in [-0.4, -0.2) is 45.7 Å². The number of nitrogens with zero attached hydrogens (tertiary/aromatic N) is 1. The van der Waals surface area contributed by atoms with Crippen LogP contribution in [0.2, 0.25) is 0 Å². The fraction of sp³-hybridized carbons (Fsp3) is 0.600. The van der Waals surface area contributed by atoms with Crippen LogP contribution in [0.3, 0.4) is 0 Å².